The number of aromatic carboxylic acids is 1. The number of carbonyl (C=O) groups is 1. The Kier molecular flexibility index (Phi) is 3.99. The molecular weight excluding hydrogens is 290 g/mol. The van der Waals surface area contributed by atoms with Crippen molar-refractivity contribution in [3.8, 4) is 0 Å². The first kappa shape index (κ1) is 14.8. The molecule has 0 unspecified atom stereocenters. The van der Waals surface area contributed by atoms with E-state index in [0.29, 0.717) is 6.07 Å². The van der Waals surface area contributed by atoms with E-state index in [-0.39, 0.29) is 0 Å². The number of nitro groups is 1. The molecule has 0 aliphatic heterocycles. The van der Waals surface area contributed by atoms with Gasteiger partial charge in [-0.1, -0.05) is 0 Å². The largest absolute Gasteiger partial charge is 0.478 e. The number of carboxylic acid groups (broad SMARTS) is 1. The van der Waals surface area contributed by atoms with Gasteiger partial charge in [0.15, 0.2) is 0 Å². The van der Waals surface area contributed by atoms with Crippen LogP contribution in [0, 0.1) is 10.1 Å². The van der Waals surface area contributed by atoms with E-state index in [1.165, 1.54) is 4.72 Å². The maximum Gasteiger partial charge on any atom is 0.355 e. The second-order valence-corrected chi connectivity index (χ2v) is 4.85. The van der Waals surface area contributed by atoms with Crippen LogP contribution in [0.1, 0.15) is 10.4 Å². The molecule has 11 heteroatoms. The Morgan fingerprint density at radius 3 is 2.42 bits per heavy atom. The predicted molar refractivity (Wildman–Crippen MR) is 58.6 cm³/mol. The number of benzene rings is 1. The molecule has 0 aliphatic rings. The van der Waals surface area contributed by atoms with Gasteiger partial charge in [-0.15, -0.1) is 0 Å². The van der Waals surface area contributed by atoms with E-state index in [2.05, 4.69) is 0 Å². The van der Waals surface area contributed by atoms with Crippen LogP contribution in [0.15, 0.2) is 18.2 Å². The van der Waals surface area contributed by atoms with E-state index in [1.54, 1.807) is 0 Å². The minimum absolute atomic E-state index is 0.545. The van der Waals surface area contributed by atoms with Crippen molar-refractivity contribution >= 4 is 27.4 Å². The van der Waals surface area contributed by atoms with Crippen LogP contribution in [-0.2, 0) is 10.0 Å². The molecule has 19 heavy (non-hydrogen) atoms. The maximum atomic E-state index is 12.2. The van der Waals surface area contributed by atoms with Crippen molar-refractivity contribution in [3.63, 3.8) is 0 Å². The Bertz CT molecular complexity index is 630. The topological polar surface area (TPSA) is 127 Å². The summed E-state index contributed by atoms with van der Waals surface area (Å²) in [7, 11) is -5.12. The summed E-state index contributed by atoms with van der Waals surface area (Å²) < 4.78 is 47.5. The van der Waals surface area contributed by atoms with Gasteiger partial charge in [-0.25, -0.2) is 13.2 Å². The molecule has 0 atom stereocenters. The highest BCUT2D eigenvalue weighted by atomic mass is 32.2. The molecule has 1 aromatic carbocycles. The van der Waals surface area contributed by atoms with Gasteiger partial charge in [0.2, 0.25) is 0 Å². The average molecular weight is 296 g/mol. The van der Waals surface area contributed by atoms with Crippen LogP contribution in [0.5, 0.6) is 0 Å². The standard InChI is InChI=1S/C8H6F2N2O6S/c9-8(10)19(17,18)11-6-3-4(12(15)16)1-2-5(6)7(13)14/h1-3,8,11H,(H,13,14). The van der Waals surface area contributed by atoms with E-state index in [1.807, 2.05) is 0 Å². The van der Waals surface area contributed by atoms with Crippen molar-refractivity contribution in [2.75, 3.05) is 4.72 Å². The molecule has 1 rings (SSSR count). The van der Waals surface area contributed by atoms with Crippen LogP contribution in [0.2, 0.25) is 0 Å². The second-order valence-electron chi connectivity index (χ2n) is 3.20. The van der Waals surface area contributed by atoms with Crippen LogP contribution in [0.4, 0.5) is 20.2 Å². The minimum Gasteiger partial charge on any atom is -0.478 e. The lowest BCUT2D eigenvalue weighted by atomic mass is 10.1. The molecular formula is C8H6F2N2O6S. The summed E-state index contributed by atoms with van der Waals surface area (Å²) in [6.45, 7) is 0. The molecule has 8 nitrogen and oxygen atoms in total. The molecule has 0 fully saturated rings. The number of anilines is 1. The van der Waals surface area contributed by atoms with E-state index >= 15 is 0 Å². The molecule has 2 N–H and O–H groups in total. The van der Waals surface area contributed by atoms with E-state index in [0.717, 1.165) is 12.1 Å². The van der Waals surface area contributed by atoms with Crippen molar-refractivity contribution in [3.05, 3.63) is 33.9 Å². The molecule has 0 heterocycles. The van der Waals surface area contributed by atoms with Crippen LogP contribution in [0.25, 0.3) is 0 Å². The van der Waals surface area contributed by atoms with Gasteiger partial charge >= 0.3 is 11.7 Å². The van der Waals surface area contributed by atoms with Crippen molar-refractivity contribution in [1.29, 1.82) is 0 Å². The number of non-ortho nitro benzene ring substituents is 1. The molecule has 1 aromatic rings. The number of nitrogens with one attached hydrogen (secondary N) is 1. The normalized spacial score (nSPS) is 11.3. The summed E-state index contributed by atoms with van der Waals surface area (Å²) in [5.41, 5.74) is -2.13. The first-order valence-corrected chi connectivity index (χ1v) is 6.01. The number of sulfonamides is 1. The molecule has 0 radical (unpaired) electrons. The Labute approximate surface area is 104 Å². The number of nitrogens with zero attached hydrogens (tertiary/aromatic N) is 1. The lowest BCUT2D eigenvalue weighted by molar-refractivity contribution is -0.384. The van der Waals surface area contributed by atoms with Crippen LogP contribution in [0.3, 0.4) is 0 Å². The molecule has 0 amide bonds. The first-order valence-electron chi connectivity index (χ1n) is 4.46. The van der Waals surface area contributed by atoms with Crippen molar-refractivity contribution < 1.29 is 32.0 Å². The van der Waals surface area contributed by atoms with Gasteiger partial charge in [0.25, 0.3) is 15.7 Å². The predicted octanol–water partition coefficient (Wildman–Crippen LogP) is 1.26. The molecule has 0 aliphatic carbocycles. The smallest absolute Gasteiger partial charge is 0.355 e. The minimum atomic E-state index is -5.12. The number of alkyl halides is 2. The molecule has 104 valence electrons. The molecule has 0 saturated heterocycles. The third kappa shape index (κ3) is 3.34. The Morgan fingerprint density at radius 2 is 2.00 bits per heavy atom. The highest BCUT2D eigenvalue weighted by Gasteiger charge is 2.27. The third-order valence-corrected chi connectivity index (χ3v) is 2.90. The van der Waals surface area contributed by atoms with E-state index < -0.39 is 43.6 Å². The second kappa shape index (κ2) is 5.14. The van der Waals surface area contributed by atoms with E-state index in [4.69, 9.17) is 5.11 Å². The zero-order chi connectivity index (χ0) is 14.8. The van der Waals surface area contributed by atoms with Crippen LogP contribution >= 0.6 is 0 Å². The summed E-state index contributed by atoms with van der Waals surface area (Å²) in [6, 6.07) is 2.09. The fourth-order valence-electron chi connectivity index (χ4n) is 1.11. The number of carboxylic acids is 1. The van der Waals surface area contributed by atoms with Crippen molar-refractivity contribution in [2.45, 2.75) is 5.76 Å². The highest BCUT2D eigenvalue weighted by molar-refractivity contribution is 7.93. The van der Waals surface area contributed by atoms with Gasteiger partial charge in [-0.3, -0.25) is 14.8 Å². The summed E-state index contributed by atoms with van der Waals surface area (Å²) in [6.07, 6.45) is 0. The van der Waals surface area contributed by atoms with Crippen LogP contribution in [-0.4, -0.2) is 30.2 Å². The number of rotatable bonds is 5. The summed E-state index contributed by atoms with van der Waals surface area (Å²) >= 11 is 0. The number of hydrogen-bond donors (Lipinski definition) is 2. The Balaban J connectivity index is 3.34. The lowest BCUT2D eigenvalue weighted by Gasteiger charge is -2.09. The zero-order valence-corrected chi connectivity index (χ0v) is 9.73. The number of nitro benzene ring substituents is 1. The number of halogens is 2. The van der Waals surface area contributed by atoms with Crippen LogP contribution < -0.4 is 4.72 Å². The molecule has 0 bridgehead atoms. The summed E-state index contributed by atoms with van der Waals surface area (Å²) in [5, 5.41) is 19.2. The molecule has 0 aromatic heterocycles. The fraction of sp³-hybridized carbons (Fsp3) is 0.125. The SMILES string of the molecule is O=C(O)c1ccc([N+](=O)[O-])cc1NS(=O)(=O)C(F)F. The van der Waals surface area contributed by atoms with Crippen molar-refractivity contribution in [2.24, 2.45) is 0 Å². The van der Waals surface area contributed by atoms with Gasteiger partial charge in [0, 0.05) is 12.1 Å². The zero-order valence-electron chi connectivity index (χ0n) is 8.91. The Hall–Kier alpha value is -2.30. The lowest BCUT2D eigenvalue weighted by Crippen LogP contribution is -2.22. The quantitative estimate of drug-likeness (QED) is 0.622. The van der Waals surface area contributed by atoms with Gasteiger partial charge < -0.3 is 5.11 Å². The van der Waals surface area contributed by atoms with Gasteiger partial charge in [-0.05, 0) is 6.07 Å². The van der Waals surface area contributed by atoms with Gasteiger partial charge in [0.1, 0.15) is 0 Å². The van der Waals surface area contributed by atoms with Crippen molar-refractivity contribution in [1.82, 2.24) is 0 Å². The average Bonchev–Trinajstić information content (AvgIpc) is 2.27. The summed E-state index contributed by atoms with van der Waals surface area (Å²) in [5.74, 6) is -5.42. The monoisotopic (exact) mass is 296 g/mol. The number of hydrogen-bond acceptors (Lipinski definition) is 5. The highest BCUT2D eigenvalue weighted by Crippen LogP contribution is 2.24. The Morgan fingerprint density at radius 1 is 1.42 bits per heavy atom. The molecule has 0 saturated carbocycles. The van der Waals surface area contributed by atoms with E-state index in [9.17, 15) is 32.1 Å². The first-order chi connectivity index (χ1) is 8.65. The third-order valence-electron chi connectivity index (χ3n) is 1.93. The summed E-state index contributed by atoms with van der Waals surface area (Å²) in [4.78, 5) is 20.3. The molecule has 0 spiro atoms. The van der Waals surface area contributed by atoms with Gasteiger partial charge in [0.05, 0.1) is 16.2 Å². The fourth-order valence-corrected chi connectivity index (χ4v) is 1.68. The van der Waals surface area contributed by atoms with Gasteiger partial charge in [-0.2, -0.15) is 8.78 Å². The maximum absolute atomic E-state index is 12.2.